The summed E-state index contributed by atoms with van der Waals surface area (Å²) >= 11 is 0. The molecule has 0 aliphatic carbocycles. The maximum Gasteiger partial charge on any atom is 0.241 e. The highest BCUT2D eigenvalue weighted by atomic mass is 32.2. The number of hydrogen-bond donors (Lipinski definition) is 0. The molecule has 1 amide bonds. The summed E-state index contributed by atoms with van der Waals surface area (Å²) in [6.07, 6.45) is 2.14. The lowest BCUT2D eigenvalue weighted by Gasteiger charge is -2.27. The normalized spacial score (nSPS) is 20.1. The Bertz CT molecular complexity index is 374. The smallest absolute Gasteiger partial charge is 0.241 e. The van der Waals surface area contributed by atoms with Crippen LogP contribution in [0.2, 0.25) is 0 Å². The zero-order valence-corrected chi connectivity index (χ0v) is 9.71. The van der Waals surface area contributed by atoms with Crippen LogP contribution in [0, 0.1) is 0 Å². The highest BCUT2D eigenvalue weighted by Crippen LogP contribution is 2.10. The zero-order valence-electron chi connectivity index (χ0n) is 8.89. The summed E-state index contributed by atoms with van der Waals surface area (Å²) in [6.45, 7) is 1.89. The van der Waals surface area contributed by atoms with Gasteiger partial charge in [-0.3, -0.25) is 9.59 Å². The first-order chi connectivity index (χ1) is 6.82. The molecule has 1 rings (SSSR count). The van der Waals surface area contributed by atoms with Crippen molar-refractivity contribution < 1.29 is 18.0 Å². The van der Waals surface area contributed by atoms with Crippen LogP contribution in [0.3, 0.4) is 0 Å². The minimum atomic E-state index is -3.37. The zero-order chi connectivity index (χ0) is 11.6. The number of carbonyl (C=O) groups excluding carboxylic acids is 2. The van der Waals surface area contributed by atoms with Gasteiger partial charge in [-0.2, -0.15) is 0 Å². The highest BCUT2D eigenvalue weighted by Gasteiger charge is 2.30. The molecule has 86 valence electrons. The largest absolute Gasteiger partial charge is 0.334 e. The molecule has 5 nitrogen and oxygen atoms in total. The average Bonchev–Trinajstić information content (AvgIpc) is 2.14. The van der Waals surface area contributed by atoms with Crippen LogP contribution in [0.25, 0.3) is 0 Å². The van der Waals surface area contributed by atoms with Crippen LogP contribution in [0.15, 0.2) is 0 Å². The fourth-order valence-corrected chi connectivity index (χ4v) is 1.98. The van der Waals surface area contributed by atoms with E-state index in [1.54, 1.807) is 0 Å². The minimum Gasteiger partial charge on any atom is -0.334 e. The Morgan fingerprint density at radius 3 is 2.53 bits per heavy atom. The van der Waals surface area contributed by atoms with E-state index in [2.05, 4.69) is 0 Å². The van der Waals surface area contributed by atoms with E-state index >= 15 is 0 Å². The molecule has 6 heteroatoms. The lowest BCUT2D eigenvalue weighted by Crippen LogP contribution is -2.46. The fourth-order valence-electron chi connectivity index (χ4n) is 1.47. The number of likely N-dealkylation sites (tertiary alicyclic amines) is 1. The molecular formula is C9H15NO4S. The Kier molecular flexibility index (Phi) is 3.49. The molecule has 1 fully saturated rings. The topological polar surface area (TPSA) is 71.5 Å². The van der Waals surface area contributed by atoms with Crippen molar-refractivity contribution >= 4 is 21.5 Å². The third-order valence-corrected chi connectivity index (χ3v) is 4.04. The van der Waals surface area contributed by atoms with Crippen LogP contribution in [-0.2, 0) is 19.4 Å². The molecule has 1 atom stereocenters. The van der Waals surface area contributed by atoms with Gasteiger partial charge >= 0.3 is 0 Å². The van der Waals surface area contributed by atoms with Crippen LogP contribution >= 0.6 is 0 Å². The van der Waals surface area contributed by atoms with Gasteiger partial charge in [0.2, 0.25) is 5.91 Å². The first-order valence-electron chi connectivity index (χ1n) is 4.81. The lowest BCUT2D eigenvalue weighted by molar-refractivity contribution is -0.136. The van der Waals surface area contributed by atoms with E-state index in [1.165, 1.54) is 11.8 Å². The monoisotopic (exact) mass is 233 g/mol. The molecule has 15 heavy (non-hydrogen) atoms. The Hall–Kier alpha value is -0.910. The van der Waals surface area contributed by atoms with E-state index in [-0.39, 0.29) is 12.3 Å². The van der Waals surface area contributed by atoms with Crippen molar-refractivity contribution in [3.8, 4) is 0 Å². The number of hydrogen-bond acceptors (Lipinski definition) is 4. The van der Waals surface area contributed by atoms with Crippen molar-refractivity contribution in [1.82, 2.24) is 4.90 Å². The number of rotatable bonds is 2. The molecule has 1 aliphatic heterocycles. The number of Topliss-reactive ketones (excluding diaryl/α,β-unsaturated/α-hetero) is 1. The molecule has 0 radical (unpaired) electrons. The maximum absolute atomic E-state index is 11.7. The molecule has 0 bridgehead atoms. The van der Waals surface area contributed by atoms with Gasteiger partial charge in [-0.25, -0.2) is 8.42 Å². The predicted octanol–water partition coefficient (Wildman–Crippen LogP) is -0.389. The molecule has 0 N–H and O–H groups in total. The van der Waals surface area contributed by atoms with Gasteiger partial charge in [-0.1, -0.05) is 0 Å². The molecule has 1 unspecified atom stereocenters. The van der Waals surface area contributed by atoms with E-state index in [9.17, 15) is 18.0 Å². The molecule has 0 aromatic rings. The third kappa shape index (κ3) is 3.02. The van der Waals surface area contributed by atoms with Gasteiger partial charge in [0.1, 0.15) is 5.25 Å². The summed E-state index contributed by atoms with van der Waals surface area (Å²) in [5.74, 6) is -0.471. The van der Waals surface area contributed by atoms with E-state index in [4.69, 9.17) is 0 Å². The van der Waals surface area contributed by atoms with E-state index < -0.39 is 21.0 Å². The van der Waals surface area contributed by atoms with Gasteiger partial charge in [0, 0.05) is 19.2 Å². The van der Waals surface area contributed by atoms with Crippen molar-refractivity contribution in [3.05, 3.63) is 0 Å². The van der Waals surface area contributed by atoms with Gasteiger partial charge in [0.05, 0.1) is 6.54 Å². The van der Waals surface area contributed by atoms with Crippen molar-refractivity contribution in [1.29, 1.82) is 0 Å². The van der Waals surface area contributed by atoms with Crippen LogP contribution in [-0.4, -0.2) is 49.6 Å². The lowest BCUT2D eigenvalue weighted by atomic mass is 10.1. The number of carbonyl (C=O) groups is 2. The first kappa shape index (κ1) is 12.2. The molecular weight excluding hydrogens is 218 g/mol. The van der Waals surface area contributed by atoms with Gasteiger partial charge < -0.3 is 4.90 Å². The predicted molar refractivity (Wildman–Crippen MR) is 55.1 cm³/mol. The summed E-state index contributed by atoms with van der Waals surface area (Å²) in [6, 6.07) is 0. The Balaban J connectivity index is 2.72. The van der Waals surface area contributed by atoms with E-state index in [0.717, 1.165) is 6.26 Å². The summed E-state index contributed by atoms with van der Waals surface area (Å²) in [5, 5.41) is -1.05. The Morgan fingerprint density at radius 2 is 2.07 bits per heavy atom. The summed E-state index contributed by atoms with van der Waals surface area (Å²) in [7, 11) is -3.37. The van der Waals surface area contributed by atoms with Crippen molar-refractivity contribution in [2.45, 2.75) is 25.0 Å². The highest BCUT2D eigenvalue weighted by molar-refractivity contribution is 7.92. The van der Waals surface area contributed by atoms with Crippen molar-refractivity contribution in [2.24, 2.45) is 0 Å². The molecule has 0 aromatic heterocycles. The van der Waals surface area contributed by atoms with Gasteiger partial charge in [0.25, 0.3) is 0 Å². The van der Waals surface area contributed by atoms with Gasteiger partial charge in [-0.05, 0) is 13.3 Å². The van der Waals surface area contributed by atoms with Crippen molar-refractivity contribution in [2.75, 3.05) is 19.3 Å². The molecule has 0 spiro atoms. The van der Waals surface area contributed by atoms with E-state index in [1.807, 2.05) is 0 Å². The molecule has 0 aromatic carbocycles. The second-order valence-corrected chi connectivity index (χ2v) is 6.24. The second-order valence-electron chi connectivity index (χ2n) is 3.87. The van der Waals surface area contributed by atoms with Crippen molar-refractivity contribution in [3.63, 3.8) is 0 Å². The number of sulfone groups is 1. The molecule has 1 saturated heterocycles. The summed E-state index contributed by atoms with van der Waals surface area (Å²) < 4.78 is 22.3. The van der Waals surface area contributed by atoms with E-state index in [0.29, 0.717) is 19.4 Å². The number of piperidine rings is 1. The fraction of sp³-hybridized carbons (Fsp3) is 0.778. The minimum absolute atomic E-state index is 0.00435. The number of amides is 1. The standard InChI is InChI=1S/C9H15NO4S/c1-7(15(2,13)14)9(12)10-5-3-4-8(11)6-10/h7H,3-6H2,1-2H3. The van der Waals surface area contributed by atoms with Crippen LogP contribution in [0.5, 0.6) is 0 Å². The summed E-state index contributed by atoms with van der Waals surface area (Å²) in [5.41, 5.74) is 0. The summed E-state index contributed by atoms with van der Waals surface area (Å²) in [4.78, 5) is 24.1. The van der Waals surface area contributed by atoms with Gasteiger partial charge in [-0.15, -0.1) is 0 Å². The quantitative estimate of drug-likeness (QED) is 0.651. The third-order valence-electron chi connectivity index (χ3n) is 2.55. The number of nitrogens with zero attached hydrogens (tertiary/aromatic N) is 1. The van der Waals surface area contributed by atoms with Crippen LogP contribution in [0.1, 0.15) is 19.8 Å². The SMILES string of the molecule is CC(C(=O)N1CCCC(=O)C1)S(C)(=O)=O. The Labute approximate surface area is 89.4 Å². The van der Waals surface area contributed by atoms with Gasteiger partial charge in [0.15, 0.2) is 15.6 Å². The van der Waals surface area contributed by atoms with Crippen LogP contribution < -0.4 is 0 Å². The first-order valence-corrected chi connectivity index (χ1v) is 6.77. The molecule has 1 aliphatic rings. The molecule has 0 saturated carbocycles. The Morgan fingerprint density at radius 1 is 1.47 bits per heavy atom. The van der Waals surface area contributed by atoms with Crippen LogP contribution in [0.4, 0.5) is 0 Å². The maximum atomic E-state index is 11.7. The second kappa shape index (κ2) is 4.30. The molecule has 1 heterocycles. The number of ketones is 1. The average molecular weight is 233 g/mol.